The molecule has 0 bridgehead atoms. The van der Waals surface area contributed by atoms with E-state index >= 15 is 0 Å². The lowest BCUT2D eigenvalue weighted by atomic mass is 10.4. The van der Waals surface area contributed by atoms with Crippen molar-refractivity contribution in [3.8, 4) is 0 Å². The minimum Gasteiger partial charge on any atom is -0.480 e. The molecule has 1 saturated heterocycles. The number of carboxylic acid groups (broad SMARTS) is 1. The van der Waals surface area contributed by atoms with Crippen LogP contribution in [0.3, 0.4) is 0 Å². The summed E-state index contributed by atoms with van der Waals surface area (Å²) in [5.41, 5.74) is 0. The first-order valence-corrected chi connectivity index (χ1v) is 3.90. The first-order valence-electron chi connectivity index (χ1n) is 2.86. The van der Waals surface area contributed by atoms with Gasteiger partial charge in [0, 0.05) is 18.8 Å². The van der Waals surface area contributed by atoms with Gasteiger partial charge < -0.3 is 10.4 Å². The molecule has 3 nitrogen and oxygen atoms in total. The van der Waals surface area contributed by atoms with Crippen molar-refractivity contribution in [1.29, 1.82) is 0 Å². The highest BCUT2D eigenvalue weighted by molar-refractivity contribution is 8.00. The standard InChI is InChI=1S/C5H9NO2S.ClH/c7-5(8)4-3-6-1-2-9-4;/h4,6H,1-3H2,(H,7,8);1H. The van der Waals surface area contributed by atoms with E-state index in [-0.39, 0.29) is 17.7 Å². The Hall–Kier alpha value is 0.0700. The van der Waals surface area contributed by atoms with Crippen LogP contribution in [0.2, 0.25) is 0 Å². The molecule has 1 rings (SSSR count). The summed E-state index contributed by atoms with van der Waals surface area (Å²) in [7, 11) is 0. The molecule has 0 aromatic rings. The van der Waals surface area contributed by atoms with E-state index in [9.17, 15) is 4.79 Å². The van der Waals surface area contributed by atoms with Crippen LogP contribution in [0.1, 0.15) is 0 Å². The van der Waals surface area contributed by atoms with E-state index in [1.165, 1.54) is 11.8 Å². The zero-order valence-electron chi connectivity index (χ0n) is 5.37. The van der Waals surface area contributed by atoms with Gasteiger partial charge in [0.1, 0.15) is 5.25 Å². The highest BCUT2D eigenvalue weighted by Gasteiger charge is 2.19. The summed E-state index contributed by atoms with van der Waals surface area (Å²) in [5.74, 6) is 0.212. The lowest BCUT2D eigenvalue weighted by Crippen LogP contribution is -2.37. The molecule has 0 aliphatic carbocycles. The van der Waals surface area contributed by atoms with Crippen molar-refractivity contribution >= 4 is 30.1 Å². The van der Waals surface area contributed by atoms with Gasteiger partial charge in [0.2, 0.25) is 0 Å². The zero-order chi connectivity index (χ0) is 6.69. The van der Waals surface area contributed by atoms with Crippen molar-refractivity contribution in [1.82, 2.24) is 5.32 Å². The Morgan fingerprint density at radius 2 is 2.40 bits per heavy atom. The lowest BCUT2D eigenvalue weighted by molar-refractivity contribution is -0.136. The minimum absolute atomic E-state index is 0. The molecule has 1 unspecified atom stereocenters. The molecule has 0 aromatic carbocycles. The topological polar surface area (TPSA) is 49.3 Å². The van der Waals surface area contributed by atoms with Crippen molar-refractivity contribution in [3.63, 3.8) is 0 Å². The van der Waals surface area contributed by atoms with Crippen LogP contribution in [0, 0.1) is 0 Å². The van der Waals surface area contributed by atoms with Crippen molar-refractivity contribution in [3.05, 3.63) is 0 Å². The molecule has 0 radical (unpaired) electrons. The second-order valence-corrected chi connectivity index (χ2v) is 3.21. The number of carboxylic acids is 1. The predicted molar refractivity (Wildman–Crippen MR) is 44.0 cm³/mol. The third-order valence-corrected chi connectivity index (χ3v) is 2.41. The van der Waals surface area contributed by atoms with Crippen LogP contribution in [0.4, 0.5) is 0 Å². The summed E-state index contributed by atoms with van der Waals surface area (Å²) in [6, 6.07) is 0. The number of hydrogen-bond donors (Lipinski definition) is 2. The zero-order valence-corrected chi connectivity index (χ0v) is 7.00. The van der Waals surface area contributed by atoms with E-state index in [0.29, 0.717) is 6.54 Å². The second-order valence-electron chi connectivity index (χ2n) is 1.90. The van der Waals surface area contributed by atoms with Crippen LogP contribution in [0.15, 0.2) is 0 Å². The van der Waals surface area contributed by atoms with E-state index in [0.717, 1.165) is 12.3 Å². The summed E-state index contributed by atoms with van der Waals surface area (Å²) >= 11 is 1.51. The van der Waals surface area contributed by atoms with Crippen LogP contribution in [0.5, 0.6) is 0 Å². The van der Waals surface area contributed by atoms with Gasteiger partial charge in [0.15, 0.2) is 0 Å². The first-order chi connectivity index (χ1) is 4.30. The number of hydrogen-bond acceptors (Lipinski definition) is 3. The summed E-state index contributed by atoms with van der Waals surface area (Å²) in [5, 5.41) is 11.3. The Kier molecular flexibility index (Phi) is 4.85. The molecule has 1 aliphatic rings. The third kappa shape index (κ3) is 2.77. The van der Waals surface area contributed by atoms with Gasteiger partial charge in [-0.2, -0.15) is 0 Å². The fourth-order valence-electron chi connectivity index (χ4n) is 0.724. The van der Waals surface area contributed by atoms with Crippen molar-refractivity contribution in [2.24, 2.45) is 0 Å². The van der Waals surface area contributed by atoms with Gasteiger partial charge in [-0.25, -0.2) is 0 Å². The Morgan fingerprint density at radius 1 is 1.70 bits per heavy atom. The molecule has 1 atom stereocenters. The largest absolute Gasteiger partial charge is 0.480 e. The maximum Gasteiger partial charge on any atom is 0.317 e. The summed E-state index contributed by atoms with van der Waals surface area (Å²) in [6.07, 6.45) is 0. The molecule has 1 heterocycles. The minimum atomic E-state index is -0.702. The quantitative estimate of drug-likeness (QED) is 0.610. The number of aliphatic carboxylic acids is 1. The molecule has 5 heteroatoms. The average Bonchev–Trinajstić information content (AvgIpc) is 1.90. The Balaban J connectivity index is 0.000000810. The number of nitrogens with one attached hydrogen (secondary N) is 1. The number of carbonyl (C=O) groups is 1. The third-order valence-electron chi connectivity index (χ3n) is 1.20. The highest BCUT2D eigenvalue weighted by atomic mass is 35.5. The summed E-state index contributed by atoms with van der Waals surface area (Å²) in [4.78, 5) is 10.3. The van der Waals surface area contributed by atoms with Gasteiger partial charge in [-0.05, 0) is 0 Å². The Bertz CT molecular complexity index is 116. The maximum absolute atomic E-state index is 10.3. The normalized spacial score (nSPS) is 25.0. The molecule has 1 fully saturated rings. The molecule has 1 aliphatic heterocycles. The van der Waals surface area contributed by atoms with E-state index in [1.54, 1.807) is 0 Å². The van der Waals surface area contributed by atoms with E-state index in [2.05, 4.69) is 5.32 Å². The van der Waals surface area contributed by atoms with Crippen LogP contribution >= 0.6 is 24.2 Å². The smallest absolute Gasteiger partial charge is 0.317 e. The Morgan fingerprint density at radius 3 is 2.70 bits per heavy atom. The van der Waals surface area contributed by atoms with E-state index in [1.807, 2.05) is 0 Å². The van der Waals surface area contributed by atoms with Gasteiger partial charge >= 0.3 is 5.97 Å². The number of thioether (sulfide) groups is 1. The monoisotopic (exact) mass is 183 g/mol. The maximum atomic E-state index is 10.3. The lowest BCUT2D eigenvalue weighted by Gasteiger charge is -2.17. The molecule has 60 valence electrons. The van der Waals surface area contributed by atoms with Crippen LogP contribution in [-0.2, 0) is 4.79 Å². The van der Waals surface area contributed by atoms with Crippen molar-refractivity contribution in [2.75, 3.05) is 18.8 Å². The molecule has 0 spiro atoms. The SMILES string of the molecule is Cl.O=C(O)C1CNCCS1. The van der Waals surface area contributed by atoms with Gasteiger partial charge in [0.25, 0.3) is 0 Å². The van der Waals surface area contributed by atoms with E-state index in [4.69, 9.17) is 5.11 Å². The molecular formula is C5H10ClNO2S. The molecule has 10 heavy (non-hydrogen) atoms. The number of halogens is 1. The van der Waals surface area contributed by atoms with Gasteiger partial charge in [0.05, 0.1) is 0 Å². The molecular weight excluding hydrogens is 174 g/mol. The molecule has 0 saturated carbocycles. The van der Waals surface area contributed by atoms with Crippen LogP contribution in [-0.4, -0.2) is 35.2 Å². The highest BCUT2D eigenvalue weighted by Crippen LogP contribution is 2.12. The van der Waals surface area contributed by atoms with Gasteiger partial charge in [-0.15, -0.1) is 24.2 Å². The van der Waals surface area contributed by atoms with Crippen LogP contribution in [0.25, 0.3) is 0 Å². The van der Waals surface area contributed by atoms with E-state index < -0.39 is 5.97 Å². The summed E-state index contributed by atoms with van der Waals surface area (Å²) in [6.45, 7) is 1.55. The molecule has 0 amide bonds. The van der Waals surface area contributed by atoms with Crippen LogP contribution < -0.4 is 5.32 Å². The average molecular weight is 184 g/mol. The van der Waals surface area contributed by atoms with Gasteiger partial charge in [-0.1, -0.05) is 0 Å². The van der Waals surface area contributed by atoms with Crippen molar-refractivity contribution in [2.45, 2.75) is 5.25 Å². The van der Waals surface area contributed by atoms with Gasteiger partial charge in [-0.3, -0.25) is 4.79 Å². The second kappa shape index (κ2) is 4.82. The fourth-order valence-corrected chi connectivity index (χ4v) is 1.65. The molecule has 0 aromatic heterocycles. The Labute approximate surface area is 70.0 Å². The number of rotatable bonds is 1. The summed E-state index contributed by atoms with van der Waals surface area (Å²) < 4.78 is 0. The molecule has 2 N–H and O–H groups in total. The first kappa shape index (κ1) is 10.1. The predicted octanol–water partition coefficient (Wildman–Crippen LogP) is 0.198. The van der Waals surface area contributed by atoms with Crippen molar-refractivity contribution < 1.29 is 9.90 Å². The fraction of sp³-hybridized carbons (Fsp3) is 0.800.